The van der Waals surface area contributed by atoms with Crippen molar-refractivity contribution in [2.75, 3.05) is 0 Å². The Hall–Kier alpha value is -2.77. The van der Waals surface area contributed by atoms with Crippen LogP contribution in [0.1, 0.15) is 68.9 Å². The fourth-order valence-electron chi connectivity index (χ4n) is 3.50. The minimum atomic E-state index is -0.233. The molecule has 0 spiro atoms. The van der Waals surface area contributed by atoms with Crippen LogP contribution < -0.4 is 10.1 Å². The van der Waals surface area contributed by atoms with E-state index in [0.717, 1.165) is 21.6 Å². The van der Waals surface area contributed by atoms with Crippen LogP contribution in [0.2, 0.25) is 0 Å². The number of thiophene rings is 1. The van der Waals surface area contributed by atoms with E-state index in [0.29, 0.717) is 21.1 Å². The Labute approximate surface area is 195 Å². The average molecular weight is 466 g/mol. The molecule has 1 aromatic carbocycles. The van der Waals surface area contributed by atoms with Gasteiger partial charge in [-0.3, -0.25) is 4.79 Å². The first-order valence-corrected chi connectivity index (χ1v) is 12.1. The number of aromatic hydroxyl groups is 1. The molecule has 5 nitrogen and oxygen atoms in total. The van der Waals surface area contributed by atoms with E-state index in [4.69, 9.17) is 0 Å². The summed E-state index contributed by atoms with van der Waals surface area (Å²) in [5.41, 5.74) is 1.97. The van der Waals surface area contributed by atoms with Crippen molar-refractivity contribution in [3.63, 3.8) is 0 Å². The fourth-order valence-corrected chi connectivity index (χ4v) is 5.03. The van der Waals surface area contributed by atoms with Crippen LogP contribution in [0.15, 0.2) is 34.4 Å². The highest BCUT2D eigenvalue weighted by Gasteiger charge is 2.26. The molecule has 0 saturated carbocycles. The number of thiazole rings is 1. The Kier molecular flexibility index (Phi) is 5.59. The summed E-state index contributed by atoms with van der Waals surface area (Å²) >= 11 is 2.95. The first-order valence-electron chi connectivity index (χ1n) is 10.4. The van der Waals surface area contributed by atoms with Crippen LogP contribution in [0.4, 0.5) is 0 Å². The van der Waals surface area contributed by atoms with Crippen LogP contribution in [0.5, 0.6) is 5.75 Å². The number of fused-ring (bicyclic) bond motifs is 1. The summed E-state index contributed by atoms with van der Waals surface area (Å²) in [5.74, 6) is 0.845. The molecule has 4 aromatic rings. The minimum Gasteiger partial charge on any atom is -0.507 e. The van der Waals surface area contributed by atoms with E-state index in [-0.39, 0.29) is 16.4 Å². The molecule has 0 aliphatic rings. The van der Waals surface area contributed by atoms with Crippen LogP contribution in [0, 0.1) is 0 Å². The van der Waals surface area contributed by atoms with Gasteiger partial charge in [0.25, 0.3) is 5.56 Å². The maximum atomic E-state index is 13.0. The topological polar surface area (TPSA) is 67.5 Å². The van der Waals surface area contributed by atoms with E-state index in [2.05, 4.69) is 51.6 Å². The third kappa shape index (κ3) is 4.40. The van der Waals surface area contributed by atoms with Gasteiger partial charge >= 0.3 is 0 Å². The standard InChI is InChI=1S/C25H27N3O2S2/c1-24(2,3)17-12-15(13-18(21(17)29)25(4,5)6)14-19-22(30)28-23(32-19)26-20(27-28)10-9-16-8-7-11-31-16/h7-14,29H,1-6H3/b10-9+,19-14-. The quantitative estimate of drug-likeness (QED) is 0.450. The molecule has 3 aromatic heterocycles. The molecule has 32 heavy (non-hydrogen) atoms. The Bertz CT molecular complexity index is 1380. The molecule has 4 rings (SSSR count). The molecule has 0 saturated heterocycles. The molecule has 0 fully saturated rings. The van der Waals surface area contributed by atoms with Crippen molar-refractivity contribution in [1.29, 1.82) is 0 Å². The van der Waals surface area contributed by atoms with Crippen molar-refractivity contribution in [3.8, 4) is 5.75 Å². The highest BCUT2D eigenvalue weighted by Crippen LogP contribution is 2.39. The van der Waals surface area contributed by atoms with Crippen LogP contribution in [0.25, 0.3) is 23.2 Å². The third-order valence-corrected chi connectivity index (χ3v) is 6.98. The summed E-state index contributed by atoms with van der Waals surface area (Å²) < 4.78 is 1.93. The lowest BCUT2D eigenvalue weighted by molar-refractivity contribution is 0.423. The molecule has 7 heteroatoms. The highest BCUT2D eigenvalue weighted by molar-refractivity contribution is 7.15. The normalized spacial score (nSPS) is 13.6. The predicted molar refractivity (Wildman–Crippen MR) is 135 cm³/mol. The van der Waals surface area contributed by atoms with E-state index in [1.165, 1.54) is 15.9 Å². The van der Waals surface area contributed by atoms with E-state index >= 15 is 0 Å². The van der Waals surface area contributed by atoms with Crippen LogP contribution in [-0.2, 0) is 10.8 Å². The van der Waals surface area contributed by atoms with E-state index in [1.54, 1.807) is 11.3 Å². The Morgan fingerprint density at radius 3 is 2.22 bits per heavy atom. The lowest BCUT2D eigenvalue weighted by atomic mass is 9.78. The monoisotopic (exact) mass is 465 g/mol. The van der Waals surface area contributed by atoms with Gasteiger partial charge in [0.05, 0.1) is 4.53 Å². The van der Waals surface area contributed by atoms with Gasteiger partial charge in [0.2, 0.25) is 4.96 Å². The zero-order valence-electron chi connectivity index (χ0n) is 19.1. The maximum Gasteiger partial charge on any atom is 0.291 e. The first-order chi connectivity index (χ1) is 14.9. The number of nitrogens with zero attached hydrogens (tertiary/aromatic N) is 3. The van der Waals surface area contributed by atoms with Gasteiger partial charge in [-0.25, -0.2) is 0 Å². The minimum absolute atomic E-state index is 0.184. The molecule has 0 aliphatic heterocycles. The maximum absolute atomic E-state index is 13.0. The Balaban J connectivity index is 1.80. The van der Waals surface area contributed by atoms with Crippen LogP contribution >= 0.6 is 22.7 Å². The lowest BCUT2D eigenvalue weighted by Crippen LogP contribution is -2.24. The van der Waals surface area contributed by atoms with Gasteiger partial charge in [0, 0.05) is 16.0 Å². The number of benzene rings is 1. The van der Waals surface area contributed by atoms with E-state index in [9.17, 15) is 9.90 Å². The Morgan fingerprint density at radius 1 is 1.03 bits per heavy atom. The second-order valence-electron chi connectivity index (χ2n) is 9.89. The molecule has 0 amide bonds. The summed E-state index contributed by atoms with van der Waals surface area (Å²) in [6.45, 7) is 12.5. The van der Waals surface area contributed by atoms with Gasteiger partial charge in [0.1, 0.15) is 5.75 Å². The number of phenolic OH excluding ortho intramolecular Hbond substituents is 1. The van der Waals surface area contributed by atoms with Gasteiger partial charge in [-0.05, 0) is 58.2 Å². The summed E-state index contributed by atoms with van der Waals surface area (Å²) in [7, 11) is 0. The lowest BCUT2D eigenvalue weighted by Gasteiger charge is -2.27. The highest BCUT2D eigenvalue weighted by atomic mass is 32.1. The van der Waals surface area contributed by atoms with Crippen molar-refractivity contribution in [1.82, 2.24) is 14.6 Å². The molecule has 0 aliphatic carbocycles. The van der Waals surface area contributed by atoms with Gasteiger partial charge in [-0.1, -0.05) is 58.9 Å². The van der Waals surface area contributed by atoms with Crippen LogP contribution in [-0.4, -0.2) is 19.7 Å². The second-order valence-corrected chi connectivity index (χ2v) is 11.9. The smallest absolute Gasteiger partial charge is 0.291 e. The van der Waals surface area contributed by atoms with E-state index < -0.39 is 0 Å². The van der Waals surface area contributed by atoms with Gasteiger partial charge in [0.15, 0.2) is 5.82 Å². The van der Waals surface area contributed by atoms with Crippen LogP contribution in [0.3, 0.4) is 0 Å². The number of aromatic nitrogens is 3. The fraction of sp³-hybridized carbons (Fsp3) is 0.320. The van der Waals surface area contributed by atoms with Crippen molar-refractivity contribution >= 4 is 45.9 Å². The van der Waals surface area contributed by atoms with Gasteiger partial charge < -0.3 is 5.11 Å². The van der Waals surface area contributed by atoms with Crippen molar-refractivity contribution < 1.29 is 5.11 Å². The Morgan fingerprint density at radius 2 is 1.69 bits per heavy atom. The van der Waals surface area contributed by atoms with Gasteiger partial charge in [-0.15, -0.1) is 16.4 Å². The summed E-state index contributed by atoms with van der Waals surface area (Å²) in [4.78, 5) is 19.1. The van der Waals surface area contributed by atoms with Crippen molar-refractivity contribution in [2.24, 2.45) is 0 Å². The zero-order chi connectivity index (χ0) is 23.3. The summed E-state index contributed by atoms with van der Waals surface area (Å²) in [6.07, 6.45) is 5.63. The largest absolute Gasteiger partial charge is 0.507 e. The number of hydrogen-bond donors (Lipinski definition) is 1. The second kappa shape index (κ2) is 7.98. The molecular weight excluding hydrogens is 438 g/mol. The van der Waals surface area contributed by atoms with Crippen molar-refractivity contribution in [2.45, 2.75) is 52.4 Å². The molecule has 166 valence electrons. The average Bonchev–Trinajstić information content (AvgIpc) is 3.39. The first kappa shape index (κ1) is 22.4. The molecule has 0 unspecified atom stereocenters. The number of hydrogen-bond acceptors (Lipinski definition) is 6. The van der Waals surface area contributed by atoms with Crippen molar-refractivity contribution in [3.05, 3.63) is 71.9 Å². The molecule has 3 heterocycles. The third-order valence-electron chi connectivity index (χ3n) is 5.18. The zero-order valence-corrected chi connectivity index (χ0v) is 20.8. The number of rotatable bonds is 3. The molecule has 0 atom stereocenters. The number of phenols is 1. The molecular formula is C25H27N3O2S2. The van der Waals surface area contributed by atoms with Gasteiger partial charge in [-0.2, -0.15) is 9.50 Å². The predicted octanol–water partition coefficient (Wildman–Crippen LogP) is 5.23. The summed E-state index contributed by atoms with van der Waals surface area (Å²) in [6, 6.07) is 7.94. The van der Waals surface area contributed by atoms with E-state index in [1.807, 2.05) is 47.9 Å². The molecule has 0 bridgehead atoms. The SMILES string of the molecule is CC(C)(C)c1cc(/C=c2\sc3nc(/C=C/c4cccs4)nn3c2=O)cc(C(C)(C)C)c1O. The molecule has 0 radical (unpaired) electrons. The molecule has 1 N–H and O–H groups in total. The summed E-state index contributed by atoms with van der Waals surface area (Å²) in [5, 5.41) is 17.3.